The Morgan fingerprint density at radius 3 is 2.59 bits per heavy atom. The van der Waals surface area contributed by atoms with Gasteiger partial charge in [0.05, 0.1) is 5.60 Å². The fourth-order valence-corrected chi connectivity index (χ4v) is 3.02. The van der Waals surface area contributed by atoms with E-state index in [1.807, 2.05) is 0 Å². The molecular formula is C15H31NO. The Morgan fingerprint density at radius 1 is 1.35 bits per heavy atom. The summed E-state index contributed by atoms with van der Waals surface area (Å²) in [5.74, 6) is 0.891. The Bertz CT molecular complexity index is 221. The summed E-state index contributed by atoms with van der Waals surface area (Å²) >= 11 is 0. The summed E-state index contributed by atoms with van der Waals surface area (Å²) < 4.78 is 5.87. The van der Waals surface area contributed by atoms with Gasteiger partial charge in [0.2, 0.25) is 0 Å². The van der Waals surface area contributed by atoms with Gasteiger partial charge in [-0.15, -0.1) is 0 Å². The Hall–Kier alpha value is -0.0800. The number of rotatable bonds is 5. The molecule has 1 rings (SSSR count). The van der Waals surface area contributed by atoms with Crippen LogP contribution < -0.4 is 5.73 Å². The summed E-state index contributed by atoms with van der Waals surface area (Å²) in [6.45, 7) is 10.4. The fourth-order valence-electron chi connectivity index (χ4n) is 3.02. The first-order valence-corrected chi connectivity index (χ1v) is 7.25. The van der Waals surface area contributed by atoms with Crippen molar-refractivity contribution in [3.8, 4) is 0 Å². The van der Waals surface area contributed by atoms with Crippen LogP contribution in [0.4, 0.5) is 0 Å². The molecule has 2 N–H and O–H groups in total. The molecule has 1 aliphatic rings. The first kappa shape index (κ1) is 15.0. The van der Waals surface area contributed by atoms with Gasteiger partial charge < -0.3 is 10.5 Å². The molecule has 0 bridgehead atoms. The minimum absolute atomic E-state index is 0.0192. The summed E-state index contributed by atoms with van der Waals surface area (Å²) in [5, 5.41) is 0. The molecule has 1 aliphatic carbocycles. The van der Waals surface area contributed by atoms with Gasteiger partial charge in [0.25, 0.3) is 0 Å². The topological polar surface area (TPSA) is 35.2 Å². The summed E-state index contributed by atoms with van der Waals surface area (Å²) in [4.78, 5) is 0. The van der Waals surface area contributed by atoms with Crippen molar-refractivity contribution in [3.05, 3.63) is 0 Å². The van der Waals surface area contributed by atoms with Gasteiger partial charge in [-0.05, 0) is 57.9 Å². The average Bonchev–Trinajstić information content (AvgIpc) is 2.27. The van der Waals surface area contributed by atoms with Crippen LogP contribution in [-0.2, 0) is 4.74 Å². The van der Waals surface area contributed by atoms with Crippen molar-refractivity contribution in [2.24, 2.45) is 17.1 Å². The van der Waals surface area contributed by atoms with E-state index in [9.17, 15) is 0 Å². The van der Waals surface area contributed by atoms with Crippen molar-refractivity contribution in [1.29, 1.82) is 0 Å². The van der Waals surface area contributed by atoms with Crippen LogP contribution in [0.15, 0.2) is 0 Å². The molecule has 0 saturated heterocycles. The van der Waals surface area contributed by atoms with Crippen molar-refractivity contribution < 1.29 is 4.74 Å². The largest absolute Gasteiger partial charge is 0.376 e. The Labute approximate surface area is 107 Å². The average molecular weight is 241 g/mol. The number of nitrogens with two attached hydrogens (primary N) is 1. The van der Waals surface area contributed by atoms with Gasteiger partial charge in [-0.25, -0.2) is 0 Å². The third kappa shape index (κ3) is 4.97. The molecule has 2 atom stereocenters. The van der Waals surface area contributed by atoms with Gasteiger partial charge in [0, 0.05) is 6.61 Å². The second-order valence-corrected chi connectivity index (χ2v) is 6.79. The van der Waals surface area contributed by atoms with E-state index < -0.39 is 0 Å². The van der Waals surface area contributed by atoms with Crippen LogP contribution in [0.25, 0.3) is 0 Å². The molecule has 0 aromatic heterocycles. The van der Waals surface area contributed by atoms with Crippen LogP contribution in [0, 0.1) is 11.3 Å². The third-order valence-corrected chi connectivity index (χ3v) is 4.22. The van der Waals surface area contributed by atoms with Gasteiger partial charge in [-0.2, -0.15) is 0 Å². The van der Waals surface area contributed by atoms with Crippen LogP contribution in [0.1, 0.15) is 66.2 Å². The number of hydrogen-bond acceptors (Lipinski definition) is 2. The normalized spacial score (nSPS) is 30.5. The first-order valence-electron chi connectivity index (χ1n) is 7.25. The van der Waals surface area contributed by atoms with Crippen molar-refractivity contribution in [2.75, 3.05) is 13.2 Å². The summed E-state index contributed by atoms with van der Waals surface area (Å²) in [7, 11) is 0. The zero-order valence-electron chi connectivity index (χ0n) is 12.2. The lowest BCUT2D eigenvalue weighted by molar-refractivity contribution is -0.0259. The van der Waals surface area contributed by atoms with E-state index in [0.717, 1.165) is 25.5 Å². The highest BCUT2D eigenvalue weighted by Crippen LogP contribution is 2.42. The third-order valence-electron chi connectivity index (χ3n) is 4.22. The maximum atomic E-state index is 6.05. The van der Waals surface area contributed by atoms with Crippen molar-refractivity contribution in [1.82, 2.24) is 0 Å². The molecule has 0 aromatic rings. The Balaban J connectivity index is 2.45. The predicted molar refractivity (Wildman–Crippen MR) is 74.1 cm³/mol. The maximum Gasteiger partial charge on any atom is 0.0598 e. The molecule has 17 heavy (non-hydrogen) atoms. The molecule has 102 valence electrons. The van der Waals surface area contributed by atoms with Crippen LogP contribution in [-0.4, -0.2) is 18.8 Å². The molecule has 2 heteroatoms. The summed E-state index contributed by atoms with van der Waals surface area (Å²) in [5.41, 5.74) is 6.40. The molecule has 2 nitrogen and oxygen atoms in total. The Kier molecular flexibility index (Phi) is 5.46. The van der Waals surface area contributed by atoms with E-state index in [0.29, 0.717) is 5.41 Å². The summed E-state index contributed by atoms with van der Waals surface area (Å²) in [6, 6.07) is 0. The van der Waals surface area contributed by atoms with Crippen molar-refractivity contribution in [2.45, 2.75) is 71.8 Å². The maximum absolute atomic E-state index is 6.05. The standard InChI is InChI=1S/C15H31NO/c1-5-13-7-6-8-15(11-13,12-16)9-10-17-14(2,3)4/h13H,5-12,16H2,1-4H3. The van der Waals surface area contributed by atoms with E-state index in [1.165, 1.54) is 32.1 Å². The zero-order chi connectivity index (χ0) is 12.9. The Morgan fingerprint density at radius 2 is 2.06 bits per heavy atom. The molecular weight excluding hydrogens is 210 g/mol. The highest BCUT2D eigenvalue weighted by atomic mass is 16.5. The van der Waals surface area contributed by atoms with Gasteiger partial charge in [0.1, 0.15) is 0 Å². The molecule has 0 amide bonds. The SMILES string of the molecule is CCC1CCCC(CN)(CCOC(C)(C)C)C1. The quantitative estimate of drug-likeness (QED) is 0.796. The highest BCUT2D eigenvalue weighted by molar-refractivity contribution is 4.87. The number of ether oxygens (including phenoxy) is 1. The minimum Gasteiger partial charge on any atom is -0.376 e. The second kappa shape index (κ2) is 6.19. The van der Waals surface area contributed by atoms with Gasteiger partial charge in [0.15, 0.2) is 0 Å². The molecule has 0 radical (unpaired) electrons. The minimum atomic E-state index is -0.0192. The van der Waals surface area contributed by atoms with Crippen molar-refractivity contribution >= 4 is 0 Å². The van der Waals surface area contributed by atoms with E-state index >= 15 is 0 Å². The van der Waals surface area contributed by atoms with Crippen molar-refractivity contribution in [3.63, 3.8) is 0 Å². The second-order valence-electron chi connectivity index (χ2n) is 6.79. The van der Waals surface area contributed by atoms with Gasteiger partial charge in [-0.1, -0.05) is 26.2 Å². The molecule has 0 aliphatic heterocycles. The molecule has 0 spiro atoms. The monoisotopic (exact) mass is 241 g/mol. The smallest absolute Gasteiger partial charge is 0.0598 e. The lowest BCUT2D eigenvalue weighted by Gasteiger charge is -2.40. The molecule has 2 unspecified atom stereocenters. The molecule has 1 fully saturated rings. The van der Waals surface area contributed by atoms with Crippen LogP contribution in [0.5, 0.6) is 0 Å². The van der Waals surface area contributed by atoms with Crippen LogP contribution in [0.3, 0.4) is 0 Å². The molecule has 0 heterocycles. The predicted octanol–water partition coefficient (Wildman–Crippen LogP) is 3.74. The van der Waals surface area contributed by atoms with E-state index in [2.05, 4.69) is 27.7 Å². The molecule has 0 aromatic carbocycles. The highest BCUT2D eigenvalue weighted by Gasteiger charge is 2.34. The molecule has 1 saturated carbocycles. The van der Waals surface area contributed by atoms with E-state index in [4.69, 9.17) is 10.5 Å². The summed E-state index contributed by atoms with van der Waals surface area (Å²) in [6.07, 6.45) is 7.81. The van der Waals surface area contributed by atoms with E-state index in [-0.39, 0.29) is 5.60 Å². The number of hydrogen-bond donors (Lipinski definition) is 1. The fraction of sp³-hybridized carbons (Fsp3) is 1.00. The van der Waals surface area contributed by atoms with E-state index in [1.54, 1.807) is 0 Å². The first-order chi connectivity index (χ1) is 7.91. The lowest BCUT2D eigenvalue weighted by Crippen LogP contribution is -2.37. The van der Waals surface area contributed by atoms with Crippen LogP contribution >= 0.6 is 0 Å². The zero-order valence-corrected chi connectivity index (χ0v) is 12.2. The van der Waals surface area contributed by atoms with Crippen LogP contribution in [0.2, 0.25) is 0 Å². The van der Waals surface area contributed by atoms with Gasteiger partial charge in [-0.3, -0.25) is 0 Å². The van der Waals surface area contributed by atoms with Gasteiger partial charge >= 0.3 is 0 Å². The lowest BCUT2D eigenvalue weighted by atomic mass is 9.67.